The van der Waals surface area contributed by atoms with Crippen molar-refractivity contribution in [2.45, 2.75) is 64.5 Å². The molecule has 1 aromatic rings. The zero-order chi connectivity index (χ0) is 13.3. The third kappa shape index (κ3) is 5.72. The van der Waals surface area contributed by atoms with E-state index in [0.717, 1.165) is 18.9 Å². The number of benzene rings is 1. The third-order valence-corrected chi connectivity index (χ3v) is 3.96. The first-order valence-electron chi connectivity index (χ1n) is 7.84. The van der Waals surface area contributed by atoms with Crippen LogP contribution in [-0.4, -0.2) is 12.6 Å². The van der Waals surface area contributed by atoms with Gasteiger partial charge in [0.15, 0.2) is 0 Å². The molecule has 20 heavy (non-hydrogen) atoms. The van der Waals surface area contributed by atoms with Gasteiger partial charge in [0.2, 0.25) is 0 Å². The van der Waals surface area contributed by atoms with Crippen molar-refractivity contribution >= 4 is 12.4 Å². The Kier molecular flexibility index (Phi) is 8.72. The van der Waals surface area contributed by atoms with Crippen molar-refractivity contribution in [3.05, 3.63) is 29.8 Å². The second-order valence-corrected chi connectivity index (χ2v) is 5.46. The van der Waals surface area contributed by atoms with Crippen LogP contribution in [0.3, 0.4) is 0 Å². The molecule has 0 aliphatic heterocycles. The lowest BCUT2D eigenvalue weighted by atomic mass is 9.96. The van der Waals surface area contributed by atoms with Crippen LogP contribution in [0.4, 0.5) is 0 Å². The second-order valence-electron chi connectivity index (χ2n) is 5.46. The summed E-state index contributed by atoms with van der Waals surface area (Å²) in [7, 11) is 0. The first kappa shape index (κ1) is 17.3. The molecule has 0 aromatic heterocycles. The Hall–Kier alpha value is -0.730. The second kappa shape index (κ2) is 10.1. The SMILES string of the molecule is CCOc1ccccc1CNC1CCCCCCC1.Cl. The van der Waals surface area contributed by atoms with E-state index in [1.54, 1.807) is 0 Å². The first-order valence-corrected chi connectivity index (χ1v) is 7.84. The van der Waals surface area contributed by atoms with Crippen molar-refractivity contribution in [2.75, 3.05) is 6.61 Å². The summed E-state index contributed by atoms with van der Waals surface area (Å²) < 4.78 is 5.68. The van der Waals surface area contributed by atoms with Crippen molar-refractivity contribution < 1.29 is 4.74 Å². The maximum Gasteiger partial charge on any atom is 0.123 e. The Labute approximate surface area is 129 Å². The summed E-state index contributed by atoms with van der Waals surface area (Å²) in [5, 5.41) is 3.72. The predicted molar refractivity (Wildman–Crippen MR) is 87.8 cm³/mol. The molecule has 0 saturated heterocycles. The molecule has 0 bridgehead atoms. The van der Waals surface area contributed by atoms with Gasteiger partial charge in [-0.2, -0.15) is 0 Å². The van der Waals surface area contributed by atoms with Crippen molar-refractivity contribution in [1.29, 1.82) is 0 Å². The molecule has 2 nitrogen and oxygen atoms in total. The van der Waals surface area contributed by atoms with Crippen LogP contribution in [0, 0.1) is 0 Å². The fourth-order valence-electron chi connectivity index (χ4n) is 2.86. The van der Waals surface area contributed by atoms with E-state index in [9.17, 15) is 0 Å². The number of nitrogens with one attached hydrogen (secondary N) is 1. The van der Waals surface area contributed by atoms with Gasteiger partial charge in [-0.15, -0.1) is 12.4 Å². The summed E-state index contributed by atoms with van der Waals surface area (Å²) >= 11 is 0. The molecule has 1 fully saturated rings. The Bertz CT molecular complexity index is 362. The van der Waals surface area contributed by atoms with Crippen LogP contribution < -0.4 is 10.1 Å². The standard InChI is InChI=1S/C17H27NO.ClH/c1-2-19-17-13-9-8-10-15(17)14-18-16-11-6-4-3-5-7-12-16;/h8-10,13,16,18H,2-7,11-12,14H2,1H3;1H. The lowest BCUT2D eigenvalue weighted by Gasteiger charge is -2.21. The van der Waals surface area contributed by atoms with Crippen LogP contribution in [0.1, 0.15) is 57.4 Å². The van der Waals surface area contributed by atoms with Crippen LogP contribution >= 0.6 is 12.4 Å². The molecular formula is C17H28ClNO. The molecule has 0 spiro atoms. The van der Waals surface area contributed by atoms with E-state index in [1.807, 2.05) is 13.0 Å². The summed E-state index contributed by atoms with van der Waals surface area (Å²) in [6.45, 7) is 3.71. The monoisotopic (exact) mass is 297 g/mol. The van der Waals surface area contributed by atoms with Gasteiger partial charge in [-0.25, -0.2) is 0 Å². The van der Waals surface area contributed by atoms with Gasteiger partial charge in [-0.3, -0.25) is 0 Å². The van der Waals surface area contributed by atoms with Crippen molar-refractivity contribution in [1.82, 2.24) is 5.32 Å². The Morgan fingerprint density at radius 1 is 1.05 bits per heavy atom. The zero-order valence-corrected chi connectivity index (χ0v) is 13.4. The largest absolute Gasteiger partial charge is 0.494 e. The van der Waals surface area contributed by atoms with Gasteiger partial charge >= 0.3 is 0 Å². The summed E-state index contributed by atoms with van der Waals surface area (Å²) in [6.07, 6.45) is 9.67. The highest BCUT2D eigenvalue weighted by atomic mass is 35.5. The average Bonchev–Trinajstić information content (AvgIpc) is 2.39. The molecule has 0 heterocycles. The van der Waals surface area contributed by atoms with E-state index in [2.05, 4.69) is 23.5 Å². The molecule has 114 valence electrons. The van der Waals surface area contributed by atoms with Gasteiger partial charge in [0.25, 0.3) is 0 Å². The summed E-state index contributed by atoms with van der Waals surface area (Å²) in [5.41, 5.74) is 1.28. The summed E-state index contributed by atoms with van der Waals surface area (Å²) in [5.74, 6) is 1.03. The van der Waals surface area contributed by atoms with E-state index in [0.29, 0.717) is 6.04 Å². The number of hydrogen-bond acceptors (Lipinski definition) is 2. The highest BCUT2D eigenvalue weighted by Crippen LogP contribution is 2.20. The van der Waals surface area contributed by atoms with Gasteiger partial charge in [0.05, 0.1) is 6.61 Å². The molecular weight excluding hydrogens is 270 g/mol. The number of para-hydroxylation sites is 1. The third-order valence-electron chi connectivity index (χ3n) is 3.96. The molecule has 0 amide bonds. The predicted octanol–water partition coefficient (Wildman–Crippen LogP) is 4.71. The van der Waals surface area contributed by atoms with Gasteiger partial charge in [0.1, 0.15) is 5.75 Å². The van der Waals surface area contributed by atoms with Crippen LogP contribution in [0.25, 0.3) is 0 Å². The maximum atomic E-state index is 5.68. The van der Waals surface area contributed by atoms with E-state index in [-0.39, 0.29) is 12.4 Å². The van der Waals surface area contributed by atoms with Gasteiger partial charge in [0, 0.05) is 18.2 Å². The Morgan fingerprint density at radius 3 is 2.40 bits per heavy atom. The highest BCUT2D eigenvalue weighted by molar-refractivity contribution is 5.85. The van der Waals surface area contributed by atoms with Gasteiger partial charge < -0.3 is 10.1 Å². The Balaban J connectivity index is 0.00000200. The Morgan fingerprint density at radius 2 is 1.70 bits per heavy atom. The van der Waals surface area contributed by atoms with Crippen LogP contribution in [0.5, 0.6) is 5.75 Å². The quantitative estimate of drug-likeness (QED) is 0.850. The summed E-state index contributed by atoms with van der Waals surface area (Å²) in [4.78, 5) is 0. The van der Waals surface area contributed by atoms with E-state index in [4.69, 9.17) is 4.74 Å². The van der Waals surface area contributed by atoms with E-state index < -0.39 is 0 Å². The molecule has 1 N–H and O–H groups in total. The normalized spacial score (nSPS) is 16.9. The fraction of sp³-hybridized carbons (Fsp3) is 0.647. The molecule has 3 heteroatoms. The van der Waals surface area contributed by atoms with Crippen molar-refractivity contribution in [3.8, 4) is 5.75 Å². The zero-order valence-electron chi connectivity index (χ0n) is 12.6. The molecule has 1 aliphatic rings. The smallest absolute Gasteiger partial charge is 0.123 e. The molecule has 0 unspecified atom stereocenters. The number of rotatable bonds is 5. The summed E-state index contributed by atoms with van der Waals surface area (Å²) in [6, 6.07) is 9.07. The van der Waals surface area contributed by atoms with Crippen LogP contribution in [-0.2, 0) is 6.54 Å². The average molecular weight is 298 g/mol. The van der Waals surface area contributed by atoms with Crippen LogP contribution in [0.15, 0.2) is 24.3 Å². The minimum Gasteiger partial charge on any atom is -0.494 e. The fourth-order valence-corrected chi connectivity index (χ4v) is 2.86. The molecule has 0 atom stereocenters. The van der Waals surface area contributed by atoms with Crippen molar-refractivity contribution in [3.63, 3.8) is 0 Å². The maximum absolute atomic E-state index is 5.68. The molecule has 2 rings (SSSR count). The topological polar surface area (TPSA) is 21.3 Å². The molecule has 1 aromatic carbocycles. The number of ether oxygens (including phenoxy) is 1. The minimum absolute atomic E-state index is 0. The number of halogens is 1. The molecule has 1 saturated carbocycles. The van der Waals surface area contributed by atoms with Gasteiger partial charge in [-0.1, -0.05) is 50.3 Å². The van der Waals surface area contributed by atoms with E-state index >= 15 is 0 Å². The van der Waals surface area contributed by atoms with E-state index in [1.165, 1.54) is 50.5 Å². The lowest BCUT2D eigenvalue weighted by molar-refractivity contribution is 0.332. The lowest BCUT2D eigenvalue weighted by Crippen LogP contribution is -2.29. The van der Waals surface area contributed by atoms with Crippen molar-refractivity contribution in [2.24, 2.45) is 0 Å². The first-order chi connectivity index (χ1) is 9.40. The van der Waals surface area contributed by atoms with Crippen LogP contribution in [0.2, 0.25) is 0 Å². The molecule has 1 aliphatic carbocycles. The molecule has 0 radical (unpaired) electrons. The minimum atomic E-state index is 0. The highest BCUT2D eigenvalue weighted by Gasteiger charge is 2.11. The number of hydrogen-bond donors (Lipinski definition) is 1. The van der Waals surface area contributed by atoms with Gasteiger partial charge in [-0.05, 0) is 25.8 Å².